The molecule has 3 rings (SSSR count). The molecule has 0 radical (unpaired) electrons. The fraction of sp³-hybridized carbons (Fsp3) is 0.0476. The summed E-state index contributed by atoms with van der Waals surface area (Å²) in [7, 11) is -3.81. The number of ether oxygens (including phenoxy) is 2. The summed E-state index contributed by atoms with van der Waals surface area (Å²) in [5.41, 5.74) is 0.603. The van der Waals surface area contributed by atoms with E-state index in [1.807, 2.05) is 30.3 Å². The predicted octanol–water partition coefficient (Wildman–Crippen LogP) is 2.92. The molecule has 0 aliphatic heterocycles. The van der Waals surface area contributed by atoms with Gasteiger partial charge in [0.2, 0.25) is 10.0 Å². The van der Waals surface area contributed by atoms with Gasteiger partial charge < -0.3 is 14.8 Å². The minimum atomic E-state index is -3.81. The molecule has 3 N–H and O–H groups in total. The van der Waals surface area contributed by atoms with Crippen LogP contribution >= 0.6 is 0 Å². The first-order chi connectivity index (χ1) is 14.3. The van der Waals surface area contributed by atoms with Gasteiger partial charge in [-0.05, 0) is 60.7 Å². The monoisotopic (exact) mass is 426 g/mol. The third kappa shape index (κ3) is 5.90. The maximum atomic E-state index is 12.1. The standard InChI is InChI=1S/C21H18N2O6S/c22-30(26,27)19-12-8-16(9-13-19)23-20(24)14-28-21(25)15-6-10-18(11-7-15)29-17-4-2-1-3-5-17/h1-13H,14H2,(H,23,24)(H2,22,26,27). The zero-order valence-corrected chi connectivity index (χ0v) is 16.5. The van der Waals surface area contributed by atoms with Crippen molar-refractivity contribution in [1.29, 1.82) is 0 Å². The van der Waals surface area contributed by atoms with E-state index in [1.54, 1.807) is 12.1 Å². The average Bonchev–Trinajstić information content (AvgIpc) is 2.73. The third-order valence-corrected chi connectivity index (χ3v) is 4.80. The molecular formula is C21H18N2O6S. The molecule has 154 valence electrons. The molecular weight excluding hydrogens is 408 g/mol. The summed E-state index contributed by atoms with van der Waals surface area (Å²) in [5.74, 6) is -0.0169. The van der Waals surface area contributed by atoms with E-state index in [-0.39, 0.29) is 10.5 Å². The second-order valence-electron chi connectivity index (χ2n) is 6.13. The molecule has 0 fully saturated rings. The van der Waals surface area contributed by atoms with Gasteiger partial charge in [-0.15, -0.1) is 0 Å². The van der Waals surface area contributed by atoms with E-state index in [0.717, 1.165) is 0 Å². The number of nitrogens with two attached hydrogens (primary N) is 1. The van der Waals surface area contributed by atoms with Gasteiger partial charge in [-0.1, -0.05) is 18.2 Å². The number of hydrogen-bond donors (Lipinski definition) is 2. The Bertz CT molecular complexity index is 1130. The predicted molar refractivity (Wildman–Crippen MR) is 110 cm³/mol. The van der Waals surface area contributed by atoms with Crippen LogP contribution in [0.4, 0.5) is 5.69 Å². The normalized spacial score (nSPS) is 10.8. The van der Waals surface area contributed by atoms with Crippen LogP contribution in [0.2, 0.25) is 0 Å². The second kappa shape index (κ2) is 9.21. The molecule has 0 spiro atoms. The number of benzene rings is 3. The van der Waals surface area contributed by atoms with Crippen LogP contribution in [0.25, 0.3) is 0 Å². The highest BCUT2D eigenvalue weighted by molar-refractivity contribution is 7.89. The van der Waals surface area contributed by atoms with Gasteiger partial charge in [0.25, 0.3) is 5.91 Å². The number of rotatable bonds is 7. The van der Waals surface area contributed by atoms with Crippen molar-refractivity contribution in [1.82, 2.24) is 0 Å². The summed E-state index contributed by atoms with van der Waals surface area (Å²) in [6.07, 6.45) is 0. The Kier molecular flexibility index (Phi) is 6.45. The molecule has 0 aliphatic rings. The number of sulfonamides is 1. The molecule has 8 nitrogen and oxygen atoms in total. The number of primary sulfonamides is 1. The van der Waals surface area contributed by atoms with E-state index in [1.165, 1.54) is 36.4 Å². The lowest BCUT2D eigenvalue weighted by Gasteiger charge is -2.08. The minimum Gasteiger partial charge on any atom is -0.457 e. The maximum Gasteiger partial charge on any atom is 0.338 e. The maximum absolute atomic E-state index is 12.1. The Morgan fingerprint density at radius 2 is 1.43 bits per heavy atom. The van der Waals surface area contributed by atoms with Crippen molar-refractivity contribution in [2.45, 2.75) is 4.90 Å². The Hall–Kier alpha value is -3.69. The lowest BCUT2D eigenvalue weighted by Crippen LogP contribution is -2.21. The highest BCUT2D eigenvalue weighted by Crippen LogP contribution is 2.21. The number of amides is 1. The Morgan fingerprint density at radius 1 is 0.833 bits per heavy atom. The fourth-order valence-electron chi connectivity index (χ4n) is 2.42. The molecule has 3 aromatic carbocycles. The quantitative estimate of drug-likeness (QED) is 0.560. The van der Waals surface area contributed by atoms with Crippen LogP contribution in [0.3, 0.4) is 0 Å². The highest BCUT2D eigenvalue weighted by Gasteiger charge is 2.12. The van der Waals surface area contributed by atoms with Gasteiger partial charge in [0, 0.05) is 5.69 Å². The van der Waals surface area contributed by atoms with Crippen LogP contribution in [-0.4, -0.2) is 26.9 Å². The Balaban J connectivity index is 1.50. The summed E-state index contributed by atoms with van der Waals surface area (Å²) < 4.78 is 33.1. The van der Waals surface area contributed by atoms with Crippen molar-refractivity contribution in [2.24, 2.45) is 5.14 Å². The molecule has 0 saturated heterocycles. The van der Waals surface area contributed by atoms with Crippen LogP contribution in [0.15, 0.2) is 83.8 Å². The fourth-order valence-corrected chi connectivity index (χ4v) is 2.94. The van der Waals surface area contributed by atoms with E-state index in [0.29, 0.717) is 17.2 Å². The molecule has 0 saturated carbocycles. The molecule has 0 heterocycles. The number of nitrogens with one attached hydrogen (secondary N) is 1. The summed E-state index contributed by atoms with van der Waals surface area (Å²) >= 11 is 0. The van der Waals surface area contributed by atoms with E-state index in [4.69, 9.17) is 14.6 Å². The highest BCUT2D eigenvalue weighted by atomic mass is 32.2. The lowest BCUT2D eigenvalue weighted by atomic mass is 10.2. The molecule has 9 heteroatoms. The number of carbonyl (C=O) groups is 2. The van der Waals surface area contributed by atoms with Gasteiger partial charge >= 0.3 is 5.97 Å². The third-order valence-electron chi connectivity index (χ3n) is 3.87. The number of carbonyl (C=O) groups excluding carboxylic acids is 2. The molecule has 0 bridgehead atoms. The van der Waals surface area contributed by atoms with Crippen molar-refractivity contribution in [2.75, 3.05) is 11.9 Å². The first-order valence-electron chi connectivity index (χ1n) is 8.74. The van der Waals surface area contributed by atoms with E-state index < -0.39 is 28.5 Å². The largest absolute Gasteiger partial charge is 0.457 e. The van der Waals surface area contributed by atoms with Crippen LogP contribution < -0.4 is 15.2 Å². The van der Waals surface area contributed by atoms with Gasteiger partial charge in [0.05, 0.1) is 10.5 Å². The molecule has 1 amide bonds. The second-order valence-corrected chi connectivity index (χ2v) is 7.69. The number of para-hydroxylation sites is 1. The van der Waals surface area contributed by atoms with Crippen LogP contribution in [0.5, 0.6) is 11.5 Å². The SMILES string of the molecule is NS(=O)(=O)c1ccc(NC(=O)COC(=O)c2ccc(Oc3ccccc3)cc2)cc1. The topological polar surface area (TPSA) is 125 Å². The van der Waals surface area contributed by atoms with Gasteiger partial charge in [-0.2, -0.15) is 0 Å². The van der Waals surface area contributed by atoms with Crippen molar-refractivity contribution < 1.29 is 27.5 Å². The Labute approximate surface area is 173 Å². The molecule has 0 aliphatic carbocycles. The molecule has 0 aromatic heterocycles. The first-order valence-corrected chi connectivity index (χ1v) is 10.3. The average molecular weight is 426 g/mol. The molecule has 0 atom stereocenters. The number of hydrogen-bond acceptors (Lipinski definition) is 6. The van der Waals surface area contributed by atoms with Crippen molar-refractivity contribution in [3.63, 3.8) is 0 Å². The molecule has 3 aromatic rings. The number of esters is 1. The minimum absolute atomic E-state index is 0.0772. The van der Waals surface area contributed by atoms with Crippen molar-refractivity contribution >= 4 is 27.6 Å². The van der Waals surface area contributed by atoms with Crippen LogP contribution in [-0.2, 0) is 19.6 Å². The Morgan fingerprint density at radius 3 is 2.03 bits per heavy atom. The lowest BCUT2D eigenvalue weighted by molar-refractivity contribution is -0.119. The summed E-state index contributed by atoms with van der Waals surface area (Å²) in [6, 6.07) is 20.8. The summed E-state index contributed by atoms with van der Waals surface area (Å²) in [4.78, 5) is 24.0. The number of anilines is 1. The smallest absolute Gasteiger partial charge is 0.338 e. The molecule has 0 unspecified atom stereocenters. The summed E-state index contributed by atoms with van der Waals surface area (Å²) in [6.45, 7) is -0.502. The van der Waals surface area contributed by atoms with E-state index >= 15 is 0 Å². The molecule has 30 heavy (non-hydrogen) atoms. The zero-order chi connectivity index (χ0) is 21.6. The van der Waals surface area contributed by atoms with Crippen molar-refractivity contribution in [3.05, 3.63) is 84.4 Å². The van der Waals surface area contributed by atoms with Gasteiger partial charge in [-0.25, -0.2) is 18.4 Å². The van der Waals surface area contributed by atoms with E-state index in [9.17, 15) is 18.0 Å². The first kappa shape index (κ1) is 21.0. The van der Waals surface area contributed by atoms with Crippen LogP contribution in [0.1, 0.15) is 10.4 Å². The van der Waals surface area contributed by atoms with Crippen molar-refractivity contribution in [3.8, 4) is 11.5 Å². The zero-order valence-electron chi connectivity index (χ0n) is 15.6. The van der Waals surface area contributed by atoms with E-state index in [2.05, 4.69) is 5.32 Å². The summed E-state index contributed by atoms with van der Waals surface area (Å²) in [5, 5.41) is 7.50. The van der Waals surface area contributed by atoms with Gasteiger partial charge in [-0.3, -0.25) is 4.79 Å². The van der Waals surface area contributed by atoms with Crippen LogP contribution in [0, 0.1) is 0 Å². The van der Waals surface area contributed by atoms with Gasteiger partial charge in [0.1, 0.15) is 11.5 Å². The van der Waals surface area contributed by atoms with Gasteiger partial charge in [0.15, 0.2) is 6.61 Å².